The van der Waals surface area contributed by atoms with Crippen LogP contribution in [0.1, 0.15) is 0 Å². The molecule has 1 unspecified atom stereocenters. The van der Waals surface area contributed by atoms with Gasteiger partial charge in [-0.25, -0.2) is 14.7 Å². The molecule has 10 nitrogen and oxygen atoms in total. The zero-order chi connectivity index (χ0) is 17.3. The van der Waals surface area contributed by atoms with Gasteiger partial charge in [0.05, 0.1) is 5.69 Å². The summed E-state index contributed by atoms with van der Waals surface area (Å²) in [6, 6.07) is 4.84. The summed E-state index contributed by atoms with van der Waals surface area (Å²) >= 11 is 0. The molecule has 0 radical (unpaired) electrons. The lowest BCUT2D eigenvalue weighted by atomic mass is 10.1. The van der Waals surface area contributed by atoms with Gasteiger partial charge in [0.15, 0.2) is 0 Å². The fraction of sp³-hybridized carbons (Fsp3) is 0.357. The highest BCUT2D eigenvalue weighted by atomic mass is 16.6. The summed E-state index contributed by atoms with van der Waals surface area (Å²) in [5.41, 5.74) is 0.187. The predicted molar refractivity (Wildman–Crippen MR) is 81.4 cm³/mol. The van der Waals surface area contributed by atoms with Gasteiger partial charge < -0.3 is 5.32 Å². The number of hydrazine groups is 1. The zero-order valence-corrected chi connectivity index (χ0v) is 12.6. The minimum Gasteiger partial charge on any atom is -0.314 e. The highest BCUT2D eigenvalue weighted by Crippen LogP contribution is 2.24. The summed E-state index contributed by atoms with van der Waals surface area (Å²) in [6.45, 7) is 1.72. The van der Waals surface area contributed by atoms with Crippen LogP contribution in [0.2, 0.25) is 0 Å². The molecular formula is C14H15N5O5. The lowest BCUT2D eigenvalue weighted by Crippen LogP contribution is -2.70. The third kappa shape index (κ3) is 2.61. The second kappa shape index (κ2) is 6.34. The number of urea groups is 1. The topological polar surface area (TPSA) is 116 Å². The normalized spacial score (nSPS) is 22.8. The Hall–Kier alpha value is -2.85. The Balaban J connectivity index is 2.02. The van der Waals surface area contributed by atoms with E-state index in [0.717, 1.165) is 5.01 Å². The lowest BCUT2D eigenvalue weighted by molar-refractivity contribution is -0.495. The van der Waals surface area contributed by atoms with E-state index < -0.39 is 28.8 Å². The predicted octanol–water partition coefficient (Wildman–Crippen LogP) is -0.553. The van der Waals surface area contributed by atoms with E-state index in [1.807, 2.05) is 0 Å². The SMILES string of the molecule is O=C1C([N+](=O)[O-])C(=O)N(N2CCNCC2)C(=O)N1c1ccccc1. The molecule has 2 fully saturated rings. The summed E-state index contributed by atoms with van der Waals surface area (Å²) in [4.78, 5) is 48.5. The number of nitro groups is 1. The van der Waals surface area contributed by atoms with Crippen LogP contribution in [0.3, 0.4) is 0 Å². The van der Waals surface area contributed by atoms with E-state index in [4.69, 9.17) is 0 Å². The molecule has 0 bridgehead atoms. The van der Waals surface area contributed by atoms with Crippen molar-refractivity contribution in [2.75, 3.05) is 31.1 Å². The Kier molecular flexibility index (Phi) is 4.23. The van der Waals surface area contributed by atoms with Gasteiger partial charge >= 0.3 is 23.9 Å². The first-order chi connectivity index (χ1) is 11.5. The summed E-state index contributed by atoms with van der Waals surface area (Å²) in [5, 5.41) is 16.5. The number of barbiturate groups is 1. The summed E-state index contributed by atoms with van der Waals surface area (Å²) < 4.78 is 0. The molecule has 0 spiro atoms. The molecule has 4 amide bonds. The van der Waals surface area contributed by atoms with Gasteiger partial charge in [0.25, 0.3) is 0 Å². The molecule has 24 heavy (non-hydrogen) atoms. The molecule has 1 N–H and O–H groups in total. The largest absolute Gasteiger partial charge is 0.369 e. The van der Waals surface area contributed by atoms with Gasteiger partial charge in [-0.15, -0.1) is 0 Å². The molecule has 10 heteroatoms. The number of amides is 4. The molecule has 1 atom stereocenters. The molecule has 1 aromatic rings. The van der Waals surface area contributed by atoms with Crippen molar-refractivity contribution in [2.45, 2.75) is 6.04 Å². The Morgan fingerprint density at radius 1 is 1.04 bits per heavy atom. The third-order valence-corrected chi connectivity index (χ3v) is 3.87. The number of nitrogens with zero attached hydrogens (tertiary/aromatic N) is 4. The van der Waals surface area contributed by atoms with Crippen molar-refractivity contribution >= 4 is 23.5 Å². The van der Waals surface area contributed by atoms with Crippen molar-refractivity contribution in [1.29, 1.82) is 0 Å². The highest BCUT2D eigenvalue weighted by molar-refractivity contribution is 6.28. The Morgan fingerprint density at radius 2 is 1.67 bits per heavy atom. The number of benzene rings is 1. The molecule has 2 aliphatic rings. The third-order valence-electron chi connectivity index (χ3n) is 3.87. The van der Waals surface area contributed by atoms with Gasteiger partial charge in [-0.2, -0.15) is 5.01 Å². The van der Waals surface area contributed by atoms with Crippen molar-refractivity contribution in [3.8, 4) is 0 Å². The number of carbonyl (C=O) groups excluding carboxylic acids is 3. The number of para-hydroxylation sites is 1. The van der Waals surface area contributed by atoms with E-state index in [9.17, 15) is 24.5 Å². The molecule has 3 rings (SSSR count). The van der Waals surface area contributed by atoms with Crippen LogP contribution < -0.4 is 10.2 Å². The number of nitrogens with one attached hydrogen (secondary N) is 1. The first kappa shape index (κ1) is 16.0. The van der Waals surface area contributed by atoms with Crippen LogP contribution in [0.4, 0.5) is 10.5 Å². The van der Waals surface area contributed by atoms with Crippen LogP contribution >= 0.6 is 0 Å². The number of hydrogen-bond acceptors (Lipinski definition) is 7. The molecule has 2 heterocycles. The average molecular weight is 333 g/mol. The zero-order valence-electron chi connectivity index (χ0n) is 12.6. The number of piperazine rings is 1. The van der Waals surface area contributed by atoms with Crippen molar-refractivity contribution in [1.82, 2.24) is 15.3 Å². The van der Waals surface area contributed by atoms with E-state index in [2.05, 4.69) is 5.32 Å². The van der Waals surface area contributed by atoms with Gasteiger partial charge in [-0.3, -0.25) is 19.7 Å². The van der Waals surface area contributed by atoms with Gasteiger partial charge in [0.2, 0.25) is 0 Å². The van der Waals surface area contributed by atoms with E-state index in [0.29, 0.717) is 31.1 Å². The van der Waals surface area contributed by atoms with Gasteiger partial charge in [0, 0.05) is 31.1 Å². The van der Waals surface area contributed by atoms with E-state index in [1.165, 1.54) is 17.1 Å². The maximum atomic E-state index is 12.7. The number of rotatable bonds is 3. The maximum absolute atomic E-state index is 12.7. The fourth-order valence-corrected chi connectivity index (χ4v) is 2.74. The Bertz CT molecular complexity index is 688. The van der Waals surface area contributed by atoms with Gasteiger partial charge in [-0.1, -0.05) is 18.2 Å². The standard InChI is InChI=1S/C14H15N5O5/c20-12-11(19(23)24)13(21)18(16-8-6-15-7-9-16)14(22)17(12)10-4-2-1-3-5-10/h1-5,11,15H,6-9H2. The summed E-state index contributed by atoms with van der Waals surface area (Å²) in [6.07, 6.45) is 0. The second-order valence-corrected chi connectivity index (χ2v) is 5.33. The van der Waals surface area contributed by atoms with Crippen LogP contribution in [-0.4, -0.2) is 65.0 Å². The molecule has 2 aliphatic heterocycles. The number of carbonyl (C=O) groups is 3. The minimum atomic E-state index is -2.13. The number of anilines is 1. The molecular weight excluding hydrogens is 318 g/mol. The lowest BCUT2D eigenvalue weighted by Gasteiger charge is -2.40. The van der Waals surface area contributed by atoms with Crippen LogP contribution in [0.5, 0.6) is 0 Å². The molecule has 126 valence electrons. The Labute approximate surface area is 136 Å². The van der Waals surface area contributed by atoms with E-state index in [-0.39, 0.29) is 5.69 Å². The van der Waals surface area contributed by atoms with Crippen molar-refractivity contribution in [2.24, 2.45) is 0 Å². The number of imide groups is 2. The second-order valence-electron chi connectivity index (χ2n) is 5.33. The van der Waals surface area contributed by atoms with Crippen molar-refractivity contribution in [3.63, 3.8) is 0 Å². The van der Waals surface area contributed by atoms with Crippen molar-refractivity contribution in [3.05, 3.63) is 40.4 Å². The average Bonchev–Trinajstić information content (AvgIpc) is 2.56. The van der Waals surface area contributed by atoms with Gasteiger partial charge in [-0.05, 0) is 12.1 Å². The van der Waals surface area contributed by atoms with Crippen LogP contribution in [-0.2, 0) is 9.59 Å². The van der Waals surface area contributed by atoms with Crippen LogP contribution in [0.25, 0.3) is 0 Å². The molecule has 2 saturated heterocycles. The van der Waals surface area contributed by atoms with Crippen molar-refractivity contribution < 1.29 is 19.3 Å². The monoisotopic (exact) mass is 333 g/mol. The van der Waals surface area contributed by atoms with E-state index >= 15 is 0 Å². The highest BCUT2D eigenvalue weighted by Gasteiger charge is 2.55. The Morgan fingerprint density at radius 3 is 2.25 bits per heavy atom. The molecule has 1 aromatic carbocycles. The van der Waals surface area contributed by atoms with Crippen LogP contribution in [0, 0.1) is 10.1 Å². The fourth-order valence-electron chi connectivity index (χ4n) is 2.74. The van der Waals surface area contributed by atoms with Crippen LogP contribution in [0.15, 0.2) is 30.3 Å². The smallest absolute Gasteiger partial charge is 0.314 e. The molecule has 0 aromatic heterocycles. The molecule has 0 saturated carbocycles. The first-order valence-electron chi connectivity index (χ1n) is 7.38. The van der Waals surface area contributed by atoms with Gasteiger partial charge in [0.1, 0.15) is 0 Å². The quantitative estimate of drug-likeness (QED) is 0.448. The number of hydrogen-bond donors (Lipinski definition) is 1. The first-order valence-corrected chi connectivity index (χ1v) is 7.38. The van der Waals surface area contributed by atoms with E-state index in [1.54, 1.807) is 18.2 Å². The maximum Gasteiger partial charge on any atom is 0.369 e. The summed E-state index contributed by atoms with van der Waals surface area (Å²) in [5.74, 6) is -2.27. The minimum absolute atomic E-state index is 0.187. The molecule has 0 aliphatic carbocycles. The summed E-state index contributed by atoms with van der Waals surface area (Å²) in [7, 11) is 0.